The molecule has 2 heteroatoms. The molecule has 0 amide bonds. The fraction of sp³-hybridized carbons (Fsp3) is 0.0698. The van der Waals surface area contributed by atoms with Crippen LogP contribution in [0.1, 0.15) is 25.0 Å². The first-order valence-corrected chi connectivity index (χ1v) is 15.6. The van der Waals surface area contributed by atoms with Gasteiger partial charge in [0, 0.05) is 27.4 Å². The maximum atomic E-state index is 6.50. The van der Waals surface area contributed by atoms with Crippen LogP contribution in [0.25, 0.3) is 55.0 Å². The predicted octanol–water partition coefficient (Wildman–Crippen LogP) is 12.2. The van der Waals surface area contributed by atoms with Gasteiger partial charge in [-0.2, -0.15) is 0 Å². The van der Waals surface area contributed by atoms with E-state index in [4.69, 9.17) is 4.42 Å². The summed E-state index contributed by atoms with van der Waals surface area (Å²) in [6, 6.07) is 54.6. The first-order valence-electron chi connectivity index (χ1n) is 15.6. The van der Waals surface area contributed by atoms with Gasteiger partial charge in [0.1, 0.15) is 11.2 Å². The standard InChI is InChI=1S/C43H31NO/c1-43(2)36-22-10-8-18-31(36)34-21-12-24-38(42(34)43)44(30-16-4-3-5-17-30)37-23-11-9-19-32(37)33-20-13-25-39-41(33)35-26-28-14-6-7-15-29(28)27-40(35)45-39/h3-27H,1-2H3. The molecule has 0 aliphatic heterocycles. The molecule has 1 aromatic heterocycles. The highest BCUT2D eigenvalue weighted by molar-refractivity contribution is 6.16. The van der Waals surface area contributed by atoms with E-state index in [1.54, 1.807) is 0 Å². The number of hydrogen-bond acceptors (Lipinski definition) is 2. The van der Waals surface area contributed by atoms with Crippen molar-refractivity contribution in [3.8, 4) is 22.3 Å². The fourth-order valence-electron chi connectivity index (χ4n) is 7.62. The van der Waals surface area contributed by atoms with E-state index in [0.29, 0.717) is 0 Å². The summed E-state index contributed by atoms with van der Waals surface area (Å²) in [7, 11) is 0. The van der Waals surface area contributed by atoms with Crippen LogP contribution in [0.4, 0.5) is 17.1 Å². The Morgan fingerprint density at radius 3 is 1.96 bits per heavy atom. The quantitative estimate of drug-likeness (QED) is 0.207. The van der Waals surface area contributed by atoms with Gasteiger partial charge in [-0.15, -0.1) is 0 Å². The van der Waals surface area contributed by atoms with E-state index in [1.807, 2.05) is 0 Å². The third-order valence-electron chi connectivity index (χ3n) is 9.61. The average molecular weight is 578 g/mol. The zero-order valence-electron chi connectivity index (χ0n) is 25.3. The van der Waals surface area contributed by atoms with E-state index in [9.17, 15) is 0 Å². The fourth-order valence-corrected chi connectivity index (χ4v) is 7.62. The van der Waals surface area contributed by atoms with Crippen molar-refractivity contribution >= 4 is 49.8 Å². The van der Waals surface area contributed by atoms with Gasteiger partial charge in [-0.3, -0.25) is 0 Å². The van der Waals surface area contributed by atoms with E-state index in [2.05, 4.69) is 170 Å². The minimum absolute atomic E-state index is 0.160. The number of nitrogens with zero attached hydrogens (tertiary/aromatic N) is 1. The number of rotatable bonds is 4. The molecular weight excluding hydrogens is 546 g/mol. The van der Waals surface area contributed by atoms with Gasteiger partial charge in [-0.1, -0.05) is 123 Å². The van der Waals surface area contributed by atoms with Crippen LogP contribution >= 0.6 is 0 Å². The van der Waals surface area contributed by atoms with Crippen LogP contribution in [0.15, 0.2) is 156 Å². The molecule has 7 aromatic carbocycles. The third kappa shape index (κ3) is 3.82. The van der Waals surface area contributed by atoms with Crippen LogP contribution in [0.2, 0.25) is 0 Å². The zero-order chi connectivity index (χ0) is 30.1. The van der Waals surface area contributed by atoms with Crippen LogP contribution in [-0.4, -0.2) is 0 Å². The number of benzene rings is 7. The first kappa shape index (κ1) is 25.9. The van der Waals surface area contributed by atoms with Crippen LogP contribution in [0.3, 0.4) is 0 Å². The van der Waals surface area contributed by atoms with Gasteiger partial charge >= 0.3 is 0 Å². The molecule has 1 aliphatic rings. The van der Waals surface area contributed by atoms with Gasteiger partial charge in [0.2, 0.25) is 0 Å². The lowest BCUT2D eigenvalue weighted by Gasteiger charge is -2.33. The molecule has 0 spiro atoms. The number of fused-ring (bicyclic) bond motifs is 7. The molecule has 0 atom stereocenters. The van der Waals surface area contributed by atoms with Crippen molar-refractivity contribution in [3.05, 3.63) is 163 Å². The van der Waals surface area contributed by atoms with E-state index < -0.39 is 0 Å². The van der Waals surface area contributed by atoms with E-state index in [0.717, 1.165) is 44.4 Å². The van der Waals surface area contributed by atoms with Gasteiger partial charge in [-0.05, 0) is 81.1 Å². The predicted molar refractivity (Wildman–Crippen MR) is 189 cm³/mol. The molecule has 45 heavy (non-hydrogen) atoms. The number of furan rings is 1. The van der Waals surface area contributed by atoms with Crippen LogP contribution in [-0.2, 0) is 5.41 Å². The first-order chi connectivity index (χ1) is 22.1. The van der Waals surface area contributed by atoms with E-state index >= 15 is 0 Å². The highest BCUT2D eigenvalue weighted by atomic mass is 16.3. The second-order valence-electron chi connectivity index (χ2n) is 12.5. The van der Waals surface area contributed by atoms with Crippen LogP contribution < -0.4 is 4.90 Å². The molecule has 214 valence electrons. The maximum Gasteiger partial charge on any atom is 0.136 e. The molecule has 1 aliphatic carbocycles. The second-order valence-corrected chi connectivity index (χ2v) is 12.5. The van der Waals surface area contributed by atoms with Crippen molar-refractivity contribution in [2.24, 2.45) is 0 Å². The Labute approximate surface area is 262 Å². The third-order valence-corrected chi connectivity index (χ3v) is 9.61. The molecule has 0 fully saturated rings. The highest BCUT2D eigenvalue weighted by Gasteiger charge is 2.39. The minimum Gasteiger partial charge on any atom is -0.456 e. The summed E-state index contributed by atoms with van der Waals surface area (Å²) < 4.78 is 6.50. The van der Waals surface area contributed by atoms with E-state index in [-0.39, 0.29) is 5.41 Å². The lowest BCUT2D eigenvalue weighted by Crippen LogP contribution is -2.21. The topological polar surface area (TPSA) is 16.4 Å². The van der Waals surface area contributed by atoms with Crippen molar-refractivity contribution in [3.63, 3.8) is 0 Å². The maximum absolute atomic E-state index is 6.50. The Morgan fingerprint density at radius 2 is 1.11 bits per heavy atom. The lowest BCUT2D eigenvalue weighted by atomic mass is 9.81. The molecular formula is C43H31NO. The number of hydrogen-bond donors (Lipinski definition) is 0. The Morgan fingerprint density at radius 1 is 0.489 bits per heavy atom. The zero-order valence-corrected chi connectivity index (χ0v) is 25.3. The molecule has 9 rings (SSSR count). The Balaban J connectivity index is 1.33. The summed E-state index contributed by atoms with van der Waals surface area (Å²) in [4.78, 5) is 2.46. The molecule has 0 unspecified atom stereocenters. The SMILES string of the molecule is CC1(C)c2ccccc2-c2cccc(N(c3ccccc3)c3ccccc3-c3cccc4oc5cc6ccccc6cc5c34)c21. The molecule has 0 radical (unpaired) electrons. The molecule has 0 saturated heterocycles. The number of anilines is 3. The summed E-state index contributed by atoms with van der Waals surface area (Å²) >= 11 is 0. The Kier molecular flexibility index (Phi) is 5.58. The van der Waals surface area contributed by atoms with Crippen molar-refractivity contribution in [1.29, 1.82) is 0 Å². The number of para-hydroxylation sites is 2. The van der Waals surface area contributed by atoms with E-state index in [1.165, 1.54) is 38.7 Å². The molecule has 0 saturated carbocycles. The monoisotopic (exact) mass is 577 g/mol. The van der Waals surface area contributed by atoms with Gasteiger partial charge < -0.3 is 9.32 Å². The summed E-state index contributed by atoms with van der Waals surface area (Å²) in [6.07, 6.45) is 0. The smallest absolute Gasteiger partial charge is 0.136 e. The summed E-state index contributed by atoms with van der Waals surface area (Å²) in [5, 5.41) is 4.67. The molecule has 0 N–H and O–H groups in total. The van der Waals surface area contributed by atoms with Crippen LogP contribution in [0, 0.1) is 0 Å². The molecule has 1 heterocycles. The normalized spacial score (nSPS) is 13.3. The van der Waals surface area contributed by atoms with Crippen molar-refractivity contribution in [2.75, 3.05) is 4.90 Å². The lowest BCUT2D eigenvalue weighted by molar-refractivity contribution is 0.661. The van der Waals surface area contributed by atoms with Gasteiger partial charge in [0.25, 0.3) is 0 Å². The average Bonchev–Trinajstić information content (AvgIpc) is 3.56. The second kappa shape index (κ2) is 9.70. The molecule has 2 nitrogen and oxygen atoms in total. The largest absolute Gasteiger partial charge is 0.456 e. The van der Waals surface area contributed by atoms with Crippen LogP contribution in [0.5, 0.6) is 0 Å². The summed E-state index contributed by atoms with van der Waals surface area (Å²) in [5.41, 5.74) is 12.8. The molecule has 0 bridgehead atoms. The van der Waals surface area contributed by atoms with Gasteiger partial charge in [0.05, 0.1) is 11.4 Å². The van der Waals surface area contributed by atoms with Gasteiger partial charge in [0.15, 0.2) is 0 Å². The Hall–Kier alpha value is -5.60. The van der Waals surface area contributed by atoms with Crippen molar-refractivity contribution in [1.82, 2.24) is 0 Å². The van der Waals surface area contributed by atoms with Gasteiger partial charge in [-0.25, -0.2) is 0 Å². The highest BCUT2D eigenvalue weighted by Crippen LogP contribution is 2.55. The van der Waals surface area contributed by atoms with Crippen molar-refractivity contribution < 1.29 is 4.42 Å². The summed E-state index contributed by atoms with van der Waals surface area (Å²) in [6.45, 7) is 4.72. The Bertz CT molecular complexity index is 2410. The van der Waals surface area contributed by atoms with Crippen molar-refractivity contribution in [2.45, 2.75) is 19.3 Å². The minimum atomic E-state index is -0.160. The summed E-state index contributed by atoms with van der Waals surface area (Å²) in [5.74, 6) is 0. The molecule has 8 aromatic rings.